The topological polar surface area (TPSA) is 49.0 Å². The van der Waals surface area contributed by atoms with E-state index in [0.717, 1.165) is 0 Å². The summed E-state index contributed by atoms with van der Waals surface area (Å²) in [6.45, 7) is 4.66. The van der Waals surface area contributed by atoms with Crippen molar-refractivity contribution in [1.29, 1.82) is 0 Å². The van der Waals surface area contributed by atoms with Gasteiger partial charge in [0.2, 0.25) is 5.92 Å². The third kappa shape index (κ3) is 4.43. The number of aromatic amines is 1. The average molecular weight is 415 g/mol. The van der Waals surface area contributed by atoms with E-state index in [4.69, 9.17) is 0 Å². The molecular formula is C20H22F5N3O. The molecule has 29 heavy (non-hydrogen) atoms. The van der Waals surface area contributed by atoms with E-state index in [-0.39, 0.29) is 42.7 Å². The van der Waals surface area contributed by atoms with Crippen molar-refractivity contribution in [2.24, 2.45) is 0 Å². The lowest BCUT2D eigenvalue weighted by Crippen LogP contribution is -2.28. The minimum Gasteiger partial charge on any atom is -0.358 e. The number of nitrogens with one attached hydrogen (secondary N) is 1. The zero-order valence-corrected chi connectivity index (χ0v) is 16.4. The summed E-state index contributed by atoms with van der Waals surface area (Å²) < 4.78 is 67.9. The molecule has 0 unspecified atom stereocenters. The van der Waals surface area contributed by atoms with E-state index in [1.807, 2.05) is 0 Å². The first-order chi connectivity index (χ1) is 13.4. The second kappa shape index (κ2) is 7.42. The first kappa shape index (κ1) is 21.3. The Labute approximate surface area is 164 Å². The highest BCUT2D eigenvalue weighted by molar-refractivity contribution is 5.75. The van der Waals surface area contributed by atoms with Gasteiger partial charge in [0.05, 0.1) is 5.69 Å². The van der Waals surface area contributed by atoms with E-state index in [0.29, 0.717) is 22.5 Å². The summed E-state index contributed by atoms with van der Waals surface area (Å²) in [6, 6.07) is 2.62. The number of hydrogen-bond donors (Lipinski definition) is 1. The zero-order chi connectivity index (χ0) is 21.6. The van der Waals surface area contributed by atoms with Gasteiger partial charge in [-0.15, -0.1) is 0 Å². The van der Waals surface area contributed by atoms with Gasteiger partial charge in [-0.2, -0.15) is 13.2 Å². The standard InChI is InChI=1S/C20H22F5N3O/c1-11-9-14(15-10-16(29)12(2)13(3)26-15)18(27-17(11)20(23,24)25)28-7-4-5-19(21,22)6-8-28/h9-10H,4-8H2,1-3H3,(H,26,29). The second-order valence-electron chi connectivity index (χ2n) is 7.52. The molecule has 0 radical (unpaired) electrons. The van der Waals surface area contributed by atoms with E-state index in [1.165, 1.54) is 24.0 Å². The van der Waals surface area contributed by atoms with Crippen LogP contribution in [0, 0.1) is 20.8 Å². The van der Waals surface area contributed by atoms with E-state index in [1.54, 1.807) is 13.8 Å². The summed E-state index contributed by atoms with van der Waals surface area (Å²) in [6.07, 6.45) is -5.33. The molecule has 2 aromatic heterocycles. The van der Waals surface area contributed by atoms with Crippen molar-refractivity contribution in [2.75, 3.05) is 18.0 Å². The van der Waals surface area contributed by atoms with Gasteiger partial charge in [0.15, 0.2) is 5.43 Å². The molecule has 0 atom stereocenters. The molecule has 3 heterocycles. The summed E-state index contributed by atoms with van der Waals surface area (Å²) in [5.74, 6) is -2.90. The van der Waals surface area contributed by atoms with Gasteiger partial charge in [0.1, 0.15) is 11.5 Å². The van der Waals surface area contributed by atoms with Crippen molar-refractivity contribution in [3.05, 3.63) is 44.9 Å². The largest absolute Gasteiger partial charge is 0.433 e. The van der Waals surface area contributed by atoms with Crippen molar-refractivity contribution in [2.45, 2.75) is 52.1 Å². The van der Waals surface area contributed by atoms with E-state index in [2.05, 4.69) is 9.97 Å². The first-order valence-electron chi connectivity index (χ1n) is 9.31. The Hall–Kier alpha value is -2.45. The Morgan fingerprint density at radius 1 is 1.10 bits per heavy atom. The number of hydrogen-bond acceptors (Lipinski definition) is 3. The second-order valence-corrected chi connectivity index (χ2v) is 7.52. The minimum absolute atomic E-state index is 0.0421. The number of halogens is 5. The number of rotatable bonds is 2. The lowest BCUT2D eigenvalue weighted by Gasteiger charge is -2.26. The summed E-state index contributed by atoms with van der Waals surface area (Å²) in [5.41, 5.74) is 0.269. The van der Waals surface area contributed by atoms with Gasteiger partial charge in [0, 0.05) is 48.8 Å². The lowest BCUT2D eigenvalue weighted by molar-refractivity contribution is -0.141. The number of aromatic nitrogens is 2. The van der Waals surface area contributed by atoms with Gasteiger partial charge in [-0.25, -0.2) is 13.8 Å². The summed E-state index contributed by atoms with van der Waals surface area (Å²) in [7, 11) is 0. The molecule has 0 aromatic carbocycles. The van der Waals surface area contributed by atoms with Crippen LogP contribution in [0.15, 0.2) is 16.9 Å². The normalized spacial score (nSPS) is 17.3. The fraction of sp³-hybridized carbons (Fsp3) is 0.500. The zero-order valence-electron chi connectivity index (χ0n) is 16.4. The monoisotopic (exact) mass is 415 g/mol. The molecule has 1 aliphatic heterocycles. The predicted octanol–water partition coefficient (Wildman–Crippen LogP) is 5.01. The van der Waals surface area contributed by atoms with Crippen LogP contribution in [0.3, 0.4) is 0 Å². The number of aryl methyl sites for hydroxylation is 2. The van der Waals surface area contributed by atoms with Crippen LogP contribution in [0.2, 0.25) is 0 Å². The molecule has 2 aromatic rings. The third-order valence-corrected chi connectivity index (χ3v) is 5.30. The molecule has 0 amide bonds. The van der Waals surface area contributed by atoms with Crippen LogP contribution in [0.4, 0.5) is 27.8 Å². The number of alkyl halides is 5. The summed E-state index contributed by atoms with van der Waals surface area (Å²) in [5, 5.41) is 0. The highest BCUT2D eigenvalue weighted by atomic mass is 19.4. The van der Waals surface area contributed by atoms with Crippen molar-refractivity contribution < 1.29 is 22.0 Å². The predicted molar refractivity (Wildman–Crippen MR) is 101 cm³/mol. The maximum absolute atomic E-state index is 13.8. The molecule has 1 saturated heterocycles. The minimum atomic E-state index is -4.68. The first-order valence-corrected chi connectivity index (χ1v) is 9.31. The number of pyridine rings is 2. The van der Waals surface area contributed by atoms with Crippen LogP contribution in [-0.2, 0) is 6.18 Å². The smallest absolute Gasteiger partial charge is 0.358 e. The fourth-order valence-electron chi connectivity index (χ4n) is 3.51. The van der Waals surface area contributed by atoms with Gasteiger partial charge < -0.3 is 9.88 Å². The molecule has 1 N–H and O–H groups in total. The Bertz CT molecular complexity index is 981. The van der Waals surface area contributed by atoms with Crippen LogP contribution in [0.5, 0.6) is 0 Å². The van der Waals surface area contributed by atoms with Gasteiger partial charge in [-0.1, -0.05) is 0 Å². The van der Waals surface area contributed by atoms with Crippen LogP contribution >= 0.6 is 0 Å². The highest BCUT2D eigenvalue weighted by Gasteiger charge is 2.37. The van der Waals surface area contributed by atoms with Crippen LogP contribution in [0.1, 0.15) is 41.8 Å². The Balaban J connectivity index is 2.20. The quantitative estimate of drug-likeness (QED) is 0.702. The van der Waals surface area contributed by atoms with Gasteiger partial charge >= 0.3 is 6.18 Å². The van der Waals surface area contributed by atoms with Crippen LogP contribution in [0.25, 0.3) is 11.3 Å². The van der Waals surface area contributed by atoms with E-state index < -0.39 is 24.2 Å². The Morgan fingerprint density at radius 2 is 1.79 bits per heavy atom. The number of nitrogens with zero attached hydrogens (tertiary/aromatic N) is 2. The molecule has 0 aliphatic carbocycles. The molecule has 1 aliphatic rings. The van der Waals surface area contributed by atoms with Gasteiger partial charge in [-0.05, 0) is 38.8 Å². The Morgan fingerprint density at radius 3 is 2.41 bits per heavy atom. The molecule has 3 rings (SSSR count). The summed E-state index contributed by atoms with van der Waals surface area (Å²) in [4.78, 5) is 20.6. The van der Waals surface area contributed by atoms with Gasteiger partial charge in [0.25, 0.3) is 0 Å². The molecule has 0 bridgehead atoms. The highest BCUT2D eigenvalue weighted by Crippen LogP contribution is 2.38. The molecule has 0 saturated carbocycles. The van der Waals surface area contributed by atoms with Crippen LogP contribution in [-0.4, -0.2) is 29.0 Å². The molecular weight excluding hydrogens is 393 g/mol. The average Bonchev–Trinajstić information content (AvgIpc) is 2.78. The number of H-pyrrole nitrogens is 1. The summed E-state index contributed by atoms with van der Waals surface area (Å²) >= 11 is 0. The third-order valence-electron chi connectivity index (χ3n) is 5.30. The number of anilines is 1. The molecule has 1 fully saturated rings. The fourth-order valence-corrected chi connectivity index (χ4v) is 3.51. The van der Waals surface area contributed by atoms with Crippen molar-refractivity contribution >= 4 is 5.82 Å². The van der Waals surface area contributed by atoms with E-state index in [9.17, 15) is 26.7 Å². The Kier molecular flexibility index (Phi) is 5.44. The van der Waals surface area contributed by atoms with Crippen molar-refractivity contribution in [3.8, 4) is 11.3 Å². The molecule has 9 heteroatoms. The van der Waals surface area contributed by atoms with E-state index >= 15 is 0 Å². The van der Waals surface area contributed by atoms with Gasteiger partial charge in [-0.3, -0.25) is 4.79 Å². The lowest BCUT2D eigenvalue weighted by atomic mass is 10.0. The molecule has 0 spiro atoms. The molecule has 158 valence electrons. The van der Waals surface area contributed by atoms with Crippen molar-refractivity contribution in [1.82, 2.24) is 9.97 Å². The molecule has 4 nitrogen and oxygen atoms in total. The van der Waals surface area contributed by atoms with Crippen molar-refractivity contribution in [3.63, 3.8) is 0 Å². The maximum atomic E-state index is 13.8. The maximum Gasteiger partial charge on any atom is 0.433 e. The van der Waals surface area contributed by atoms with Crippen LogP contribution < -0.4 is 10.3 Å². The SMILES string of the molecule is Cc1cc(-c2cc(=O)c(C)c(C)[nH]2)c(N2CCCC(F)(F)CC2)nc1C(F)(F)F.